The summed E-state index contributed by atoms with van der Waals surface area (Å²) in [4.78, 5) is 9.11. The SMILES string of the molecule is [2H]C([2H])([2H])c1c[c-]c(-c2cc[c]([Ge]([CH3])([CH3])[CH3])cn2)cc1-c1ccccc1.[2H]c1c([2H])c([2H])c(-c2ccnc(-c3[c-]ccc4c3oc3cc(-c5ccccc5)ccc34)c2)c([2H])c1[2H].[Ir]. The molecule has 0 unspecified atom stereocenters. The van der Waals surface area contributed by atoms with Crippen molar-refractivity contribution in [2.75, 3.05) is 0 Å². The summed E-state index contributed by atoms with van der Waals surface area (Å²) in [5.74, 6) is 7.00. The first-order valence-electron chi connectivity index (χ1n) is 21.6. The standard InChI is InChI=1S/C29H18NO.C21H22GeN.Ir/c1-3-8-20(9-4-1)22-14-15-24-25-12-7-13-26(29(25)31-28(24)19-22)27-18-23(16-17-30-27)21-10-5-2-6-11-21;1-16-10-11-18(14-20(16)17-8-6-5-7-9-17)21-13-12-19(15-23-21)22(2,3)4;/h1-12,14-19H;5-10,12-15H,1-4H3;/q2*-1;/i2D,5D,6D,10D,11D;1D3;. The molecule has 0 spiro atoms. The zero-order valence-corrected chi connectivity index (χ0v) is 34.9. The number of aryl methyl sites for hydroxylation is 1. The molecule has 0 atom stereocenters. The minimum absolute atomic E-state index is 0. The van der Waals surface area contributed by atoms with E-state index in [1.165, 1.54) is 4.40 Å². The number of pyridine rings is 2. The van der Waals surface area contributed by atoms with Gasteiger partial charge in [0.15, 0.2) is 0 Å². The van der Waals surface area contributed by atoms with Crippen LogP contribution in [0.4, 0.5) is 0 Å². The van der Waals surface area contributed by atoms with Crippen LogP contribution < -0.4 is 4.40 Å². The number of nitrogens with zero attached hydrogens (tertiary/aromatic N) is 2. The first-order chi connectivity index (χ1) is 29.6. The van der Waals surface area contributed by atoms with Crippen LogP contribution in [-0.2, 0) is 20.1 Å². The van der Waals surface area contributed by atoms with E-state index in [4.69, 9.17) is 15.4 Å². The van der Waals surface area contributed by atoms with Crippen LogP contribution in [0, 0.1) is 19.0 Å². The average Bonchev–Trinajstić information content (AvgIpc) is 3.66. The van der Waals surface area contributed by atoms with Gasteiger partial charge < -0.3 is 9.40 Å². The van der Waals surface area contributed by atoms with Gasteiger partial charge in [-0.3, -0.25) is 0 Å². The van der Waals surface area contributed by atoms with E-state index in [-0.39, 0.29) is 49.8 Å². The Hall–Kier alpha value is -5.39. The Kier molecular flexibility index (Phi) is 8.72. The van der Waals surface area contributed by atoms with E-state index in [2.05, 4.69) is 63.6 Å². The molecule has 0 amide bonds. The summed E-state index contributed by atoms with van der Waals surface area (Å²) in [6.45, 7) is -2.18. The summed E-state index contributed by atoms with van der Waals surface area (Å²) in [6.07, 6.45) is 3.53. The summed E-state index contributed by atoms with van der Waals surface area (Å²) in [5, 5.41) is 1.90. The maximum atomic E-state index is 8.32. The number of rotatable bonds is 6. The first-order valence-corrected chi connectivity index (χ1v) is 25.0. The Labute approximate surface area is 351 Å². The maximum Gasteiger partial charge on any atom is 0.121 e. The molecule has 0 aliphatic carbocycles. The molecule has 0 aliphatic heterocycles. The Morgan fingerprint density at radius 2 is 1.40 bits per heavy atom. The van der Waals surface area contributed by atoms with Crippen molar-refractivity contribution in [1.82, 2.24) is 9.97 Å². The van der Waals surface area contributed by atoms with E-state index in [0.717, 1.165) is 44.3 Å². The molecule has 0 aliphatic rings. The zero-order chi connectivity index (χ0) is 43.9. The first kappa shape index (κ1) is 29.0. The van der Waals surface area contributed by atoms with Crippen LogP contribution in [0.15, 0.2) is 174 Å². The maximum absolute atomic E-state index is 8.32. The third kappa shape index (κ3) is 8.33. The van der Waals surface area contributed by atoms with Crippen LogP contribution in [0.1, 0.15) is 16.5 Å². The van der Waals surface area contributed by atoms with E-state index >= 15 is 0 Å². The second-order valence-electron chi connectivity index (χ2n) is 13.9. The Morgan fingerprint density at radius 1 is 0.655 bits per heavy atom. The van der Waals surface area contributed by atoms with Gasteiger partial charge in [0.25, 0.3) is 0 Å². The van der Waals surface area contributed by atoms with Gasteiger partial charge in [-0.1, -0.05) is 89.7 Å². The van der Waals surface area contributed by atoms with Gasteiger partial charge in [-0.15, -0.1) is 18.2 Å². The van der Waals surface area contributed by atoms with Crippen molar-refractivity contribution in [2.45, 2.75) is 24.1 Å². The van der Waals surface area contributed by atoms with Crippen LogP contribution >= 0.6 is 0 Å². The molecule has 3 heterocycles. The van der Waals surface area contributed by atoms with Crippen molar-refractivity contribution in [3.05, 3.63) is 188 Å². The molecule has 0 saturated heterocycles. The van der Waals surface area contributed by atoms with Gasteiger partial charge in [0.1, 0.15) is 5.58 Å². The van der Waals surface area contributed by atoms with E-state index in [0.29, 0.717) is 33.5 Å². The molecule has 9 rings (SSSR count). The Morgan fingerprint density at radius 3 is 2.11 bits per heavy atom. The minimum Gasteiger partial charge on any atom is -0.501 e. The fourth-order valence-electron chi connectivity index (χ4n) is 6.35. The molecule has 9 aromatic rings. The molecular formula is C50H40GeIrN2O-2. The van der Waals surface area contributed by atoms with Gasteiger partial charge in [0.2, 0.25) is 0 Å². The van der Waals surface area contributed by atoms with Crippen LogP contribution in [-0.4, -0.2) is 23.2 Å². The largest absolute Gasteiger partial charge is 0.501 e. The predicted octanol–water partition coefficient (Wildman–Crippen LogP) is 12.8. The van der Waals surface area contributed by atoms with Crippen LogP contribution in [0.3, 0.4) is 0 Å². The number of aromatic nitrogens is 2. The summed E-state index contributed by atoms with van der Waals surface area (Å²) in [5.41, 5.74) is 8.83. The van der Waals surface area contributed by atoms with E-state index < -0.39 is 26.2 Å². The molecule has 55 heavy (non-hydrogen) atoms. The van der Waals surface area contributed by atoms with Gasteiger partial charge in [0.05, 0.1) is 12.4 Å². The van der Waals surface area contributed by atoms with Gasteiger partial charge in [-0.05, 0) is 40.1 Å². The minimum atomic E-state index is -2.18. The van der Waals surface area contributed by atoms with Gasteiger partial charge in [-0.25, -0.2) is 0 Å². The van der Waals surface area contributed by atoms with Gasteiger partial charge in [-0.2, -0.15) is 0 Å². The predicted molar refractivity (Wildman–Crippen MR) is 228 cm³/mol. The smallest absolute Gasteiger partial charge is 0.121 e. The van der Waals surface area contributed by atoms with E-state index in [1.807, 2.05) is 91.1 Å². The van der Waals surface area contributed by atoms with Gasteiger partial charge in [0, 0.05) is 31.7 Å². The number of hydrogen-bond donors (Lipinski definition) is 0. The molecule has 0 fully saturated rings. The van der Waals surface area contributed by atoms with E-state index in [1.54, 1.807) is 24.4 Å². The molecule has 6 aromatic carbocycles. The van der Waals surface area contributed by atoms with Crippen LogP contribution in [0.5, 0.6) is 0 Å². The van der Waals surface area contributed by atoms with Crippen molar-refractivity contribution >= 4 is 39.6 Å². The average molecular weight is 958 g/mol. The fraction of sp³-hybridized carbons (Fsp3) is 0.0800. The molecule has 0 bridgehead atoms. The quantitative estimate of drug-likeness (QED) is 0.123. The third-order valence-electron chi connectivity index (χ3n) is 9.29. The molecule has 271 valence electrons. The Bertz CT molecular complexity index is 3070. The third-order valence-corrected chi connectivity index (χ3v) is 13.5. The second kappa shape index (κ2) is 16.5. The van der Waals surface area contributed by atoms with Crippen molar-refractivity contribution in [2.24, 2.45) is 0 Å². The Balaban J connectivity index is 0.000000196. The van der Waals surface area contributed by atoms with Crippen molar-refractivity contribution in [3.63, 3.8) is 0 Å². The molecular weight excluding hydrogens is 909 g/mol. The molecule has 0 N–H and O–H groups in total. The molecule has 5 heteroatoms. The monoisotopic (exact) mass is 959 g/mol. The van der Waals surface area contributed by atoms with Gasteiger partial charge >= 0.3 is 146 Å². The molecule has 3 aromatic heterocycles. The van der Waals surface area contributed by atoms with Crippen molar-refractivity contribution in [3.8, 4) is 55.9 Å². The van der Waals surface area contributed by atoms with E-state index in [9.17, 15) is 0 Å². The number of benzene rings is 6. The fourth-order valence-corrected chi connectivity index (χ4v) is 8.52. The summed E-state index contributed by atoms with van der Waals surface area (Å²) >= 11 is -1.91. The number of furan rings is 1. The summed E-state index contributed by atoms with van der Waals surface area (Å²) in [7, 11) is 0. The normalized spacial score (nSPS) is 13.4. The molecule has 0 saturated carbocycles. The topological polar surface area (TPSA) is 38.9 Å². The van der Waals surface area contributed by atoms with Crippen molar-refractivity contribution < 1.29 is 35.5 Å². The zero-order valence-electron chi connectivity index (χ0n) is 38.4. The second-order valence-corrected chi connectivity index (χ2v) is 24.6. The van der Waals surface area contributed by atoms with Crippen molar-refractivity contribution in [1.29, 1.82) is 0 Å². The molecule has 3 nitrogen and oxygen atoms in total. The molecule has 1 radical (unpaired) electrons. The van der Waals surface area contributed by atoms with Crippen LogP contribution in [0.25, 0.3) is 77.8 Å². The summed E-state index contributed by atoms with van der Waals surface area (Å²) in [6, 6.07) is 45.3. The summed E-state index contributed by atoms with van der Waals surface area (Å²) < 4.78 is 71.7. The van der Waals surface area contributed by atoms with Crippen LogP contribution in [0.2, 0.25) is 17.3 Å². The number of hydrogen-bond acceptors (Lipinski definition) is 3. The number of fused-ring (bicyclic) bond motifs is 3.